The summed E-state index contributed by atoms with van der Waals surface area (Å²) in [6.45, 7) is 4.22. The Morgan fingerprint density at radius 2 is 2.12 bits per heavy atom. The van der Waals surface area contributed by atoms with E-state index < -0.39 is 0 Å². The Bertz CT molecular complexity index is 335. The first kappa shape index (κ1) is 12.5. The normalized spacial score (nSPS) is 9.81. The fourth-order valence-corrected chi connectivity index (χ4v) is 1.38. The predicted molar refractivity (Wildman–Crippen MR) is 63.9 cm³/mol. The lowest BCUT2D eigenvalue weighted by Gasteiger charge is -2.19. The zero-order valence-electron chi connectivity index (χ0n) is 9.56. The van der Waals surface area contributed by atoms with Crippen LogP contribution in [0.25, 0.3) is 0 Å². The van der Waals surface area contributed by atoms with E-state index in [1.807, 2.05) is 24.3 Å². The lowest BCUT2D eigenvalue weighted by Crippen LogP contribution is -2.30. The van der Waals surface area contributed by atoms with Crippen LogP contribution in [0.2, 0.25) is 0 Å². The standard InChI is InChI=1S/C13H17NO2/c1-3-4-8-11-14(16-2)13(15)12-9-6-5-7-10-12/h3,5-7,9-10H,1,4,8,11H2,2H3. The van der Waals surface area contributed by atoms with Crippen molar-refractivity contribution < 1.29 is 9.63 Å². The number of hydrogen-bond donors (Lipinski definition) is 0. The quantitative estimate of drug-likeness (QED) is 0.418. The summed E-state index contributed by atoms with van der Waals surface area (Å²) in [4.78, 5) is 17.0. The van der Waals surface area contributed by atoms with Crippen LogP contribution in [0, 0.1) is 0 Å². The van der Waals surface area contributed by atoms with E-state index in [-0.39, 0.29) is 5.91 Å². The number of hydrogen-bond acceptors (Lipinski definition) is 2. The van der Waals surface area contributed by atoms with E-state index in [1.165, 1.54) is 12.2 Å². The van der Waals surface area contributed by atoms with E-state index in [9.17, 15) is 4.79 Å². The molecule has 86 valence electrons. The van der Waals surface area contributed by atoms with Crippen LogP contribution in [0.3, 0.4) is 0 Å². The first-order valence-electron chi connectivity index (χ1n) is 5.31. The molecule has 1 aromatic rings. The van der Waals surface area contributed by atoms with Gasteiger partial charge in [0.05, 0.1) is 7.11 Å². The first-order valence-corrected chi connectivity index (χ1v) is 5.31. The average molecular weight is 219 g/mol. The van der Waals surface area contributed by atoms with Crippen LogP contribution >= 0.6 is 0 Å². The minimum Gasteiger partial charge on any atom is -0.274 e. The molecule has 0 spiro atoms. The molecule has 1 amide bonds. The lowest BCUT2D eigenvalue weighted by atomic mass is 10.2. The SMILES string of the molecule is C=CCCCN(OC)C(=O)c1ccccc1. The maximum Gasteiger partial charge on any atom is 0.277 e. The van der Waals surface area contributed by atoms with Crippen molar-refractivity contribution in [3.05, 3.63) is 48.6 Å². The second-order valence-corrected chi connectivity index (χ2v) is 3.39. The van der Waals surface area contributed by atoms with Gasteiger partial charge in [0.2, 0.25) is 0 Å². The average Bonchev–Trinajstić information content (AvgIpc) is 2.35. The molecular formula is C13H17NO2. The third kappa shape index (κ3) is 3.51. The fourth-order valence-electron chi connectivity index (χ4n) is 1.38. The third-order valence-corrected chi connectivity index (χ3v) is 2.24. The number of nitrogens with zero attached hydrogens (tertiary/aromatic N) is 1. The van der Waals surface area contributed by atoms with Gasteiger partial charge in [0.25, 0.3) is 5.91 Å². The zero-order valence-corrected chi connectivity index (χ0v) is 9.56. The maximum atomic E-state index is 11.9. The Balaban J connectivity index is 2.59. The molecule has 3 heteroatoms. The monoisotopic (exact) mass is 219 g/mol. The number of unbranched alkanes of at least 4 members (excludes halogenated alkanes) is 1. The molecule has 0 saturated heterocycles. The van der Waals surface area contributed by atoms with Gasteiger partial charge in [-0.25, -0.2) is 5.06 Å². The molecule has 0 heterocycles. The molecule has 0 bridgehead atoms. The Morgan fingerprint density at radius 3 is 2.69 bits per heavy atom. The maximum absolute atomic E-state index is 11.9. The molecule has 1 rings (SSSR count). The van der Waals surface area contributed by atoms with Gasteiger partial charge in [0.15, 0.2) is 0 Å². The van der Waals surface area contributed by atoms with Crippen LogP contribution in [-0.4, -0.2) is 24.6 Å². The molecule has 0 fully saturated rings. The van der Waals surface area contributed by atoms with Gasteiger partial charge in [-0.15, -0.1) is 6.58 Å². The molecule has 0 N–H and O–H groups in total. The molecular weight excluding hydrogens is 202 g/mol. The largest absolute Gasteiger partial charge is 0.277 e. The van der Waals surface area contributed by atoms with Crippen molar-refractivity contribution in [2.75, 3.05) is 13.7 Å². The second kappa shape index (κ2) is 6.80. The summed E-state index contributed by atoms with van der Waals surface area (Å²) in [5.74, 6) is -0.104. The van der Waals surface area contributed by atoms with E-state index in [0.29, 0.717) is 12.1 Å². The molecule has 0 aliphatic carbocycles. The van der Waals surface area contributed by atoms with Crippen molar-refractivity contribution in [2.45, 2.75) is 12.8 Å². The van der Waals surface area contributed by atoms with E-state index in [0.717, 1.165) is 12.8 Å². The Morgan fingerprint density at radius 1 is 1.44 bits per heavy atom. The summed E-state index contributed by atoms with van der Waals surface area (Å²) in [6, 6.07) is 9.12. The third-order valence-electron chi connectivity index (χ3n) is 2.24. The number of amides is 1. The van der Waals surface area contributed by atoms with E-state index in [4.69, 9.17) is 4.84 Å². The number of benzene rings is 1. The van der Waals surface area contributed by atoms with Crippen LogP contribution in [0.5, 0.6) is 0 Å². The van der Waals surface area contributed by atoms with Gasteiger partial charge in [0.1, 0.15) is 0 Å². The number of rotatable bonds is 6. The highest BCUT2D eigenvalue weighted by Crippen LogP contribution is 2.06. The van der Waals surface area contributed by atoms with E-state index >= 15 is 0 Å². The molecule has 0 saturated carbocycles. The van der Waals surface area contributed by atoms with Gasteiger partial charge in [0, 0.05) is 12.1 Å². The van der Waals surface area contributed by atoms with Crippen molar-refractivity contribution in [2.24, 2.45) is 0 Å². The minimum absolute atomic E-state index is 0.104. The van der Waals surface area contributed by atoms with Crippen molar-refractivity contribution in [3.8, 4) is 0 Å². The Hall–Kier alpha value is -1.61. The molecule has 0 unspecified atom stereocenters. The number of hydroxylamine groups is 2. The lowest BCUT2D eigenvalue weighted by molar-refractivity contribution is -0.0953. The minimum atomic E-state index is -0.104. The van der Waals surface area contributed by atoms with Crippen LogP contribution < -0.4 is 0 Å². The van der Waals surface area contributed by atoms with Gasteiger partial charge in [-0.1, -0.05) is 24.3 Å². The predicted octanol–water partition coefficient (Wildman–Crippen LogP) is 2.66. The number of allylic oxidation sites excluding steroid dienone is 1. The van der Waals surface area contributed by atoms with Crippen LogP contribution in [0.15, 0.2) is 43.0 Å². The Kier molecular flexibility index (Phi) is 5.29. The highest BCUT2D eigenvalue weighted by molar-refractivity contribution is 5.93. The molecule has 1 aromatic carbocycles. The van der Waals surface area contributed by atoms with Crippen LogP contribution in [0.1, 0.15) is 23.2 Å². The van der Waals surface area contributed by atoms with Crippen LogP contribution in [-0.2, 0) is 4.84 Å². The van der Waals surface area contributed by atoms with Gasteiger partial charge < -0.3 is 0 Å². The van der Waals surface area contributed by atoms with Crippen molar-refractivity contribution in [1.82, 2.24) is 5.06 Å². The molecule has 0 atom stereocenters. The highest BCUT2D eigenvalue weighted by Gasteiger charge is 2.13. The highest BCUT2D eigenvalue weighted by atomic mass is 16.7. The molecule has 16 heavy (non-hydrogen) atoms. The summed E-state index contributed by atoms with van der Waals surface area (Å²) in [5.41, 5.74) is 0.642. The number of carbonyl (C=O) groups excluding carboxylic acids is 1. The summed E-state index contributed by atoms with van der Waals surface area (Å²) >= 11 is 0. The number of carbonyl (C=O) groups is 1. The topological polar surface area (TPSA) is 29.5 Å². The van der Waals surface area contributed by atoms with Crippen molar-refractivity contribution >= 4 is 5.91 Å². The molecule has 0 radical (unpaired) electrons. The zero-order chi connectivity index (χ0) is 11.8. The van der Waals surface area contributed by atoms with E-state index in [1.54, 1.807) is 12.1 Å². The molecule has 0 aliphatic heterocycles. The Labute approximate surface area is 96.3 Å². The van der Waals surface area contributed by atoms with Crippen LogP contribution in [0.4, 0.5) is 0 Å². The van der Waals surface area contributed by atoms with Gasteiger partial charge in [-0.3, -0.25) is 9.63 Å². The first-order chi connectivity index (χ1) is 7.79. The summed E-state index contributed by atoms with van der Waals surface area (Å²) in [6.07, 6.45) is 3.57. The summed E-state index contributed by atoms with van der Waals surface area (Å²) < 4.78 is 0. The van der Waals surface area contributed by atoms with Crippen molar-refractivity contribution in [3.63, 3.8) is 0 Å². The smallest absolute Gasteiger partial charge is 0.274 e. The fraction of sp³-hybridized carbons (Fsp3) is 0.308. The molecule has 3 nitrogen and oxygen atoms in total. The van der Waals surface area contributed by atoms with Gasteiger partial charge in [-0.05, 0) is 25.0 Å². The second-order valence-electron chi connectivity index (χ2n) is 3.39. The van der Waals surface area contributed by atoms with Gasteiger partial charge >= 0.3 is 0 Å². The molecule has 0 aromatic heterocycles. The van der Waals surface area contributed by atoms with Crippen molar-refractivity contribution in [1.29, 1.82) is 0 Å². The summed E-state index contributed by atoms with van der Waals surface area (Å²) in [5, 5.41) is 1.37. The van der Waals surface area contributed by atoms with Gasteiger partial charge in [-0.2, -0.15) is 0 Å². The van der Waals surface area contributed by atoms with E-state index in [2.05, 4.69) is 6.58 Å². The summed E-state index contributed by atoms with van der Waals surface area (Å²) in [7, 11) is 1.51. The molecule has 0 aliphatic rings.